The van der Waals surface area contributed by atoms with Crippen LogP contribution in [0.25, 0.3) is 27.2 Å². The van der Waals surface area contributed by atoms with Crippen molar-refractivity contribution in [1.29, 1.82) is 0 Å². The van der Waals surface area contributed by atoms with Crippen molar-refractivity contribution in [1.82, 2.24) is 25.3 Å². The van der Waals surface area contributed by atoms with Crippen LogP contribution in [0.1, 0.15) is 0 Å². The molecule has 0 saturated carbocycles. The Labute approximate surface area is 109 Å². The summed E-state index contributed by atoms with van der Waals surface area (Å²) in [5, 5.41) is 40.7. The van der Waals surface area contributed by atoms with Gasteiger partial charge in [-0.05, 0) is 17.7 Å². The molecule has 0 unspecified atom stereocenters. The SMILES string of the molecule is [N-]=[N+]=Nc1ccc2n[n+]([O-])n[n+]([O-])c2c1-n1nccn1. The van der Waals surface area contributed by atoms with Crippen LogP contribution < -0.4 is 9.80 Å². The van der Waals surface area contributed by atoms with Gasteiger partial charge in [-0.1, -0.05) is 5.11 Å². The zero-order valence-corrected chi connectivity index (χ0v) is 9.60. The van der Waals surface area contributed by atoms with Crippen LogP contribution in [0.3, 0.4) is 0 Å². The molecule has 0 radical (unpaired) electrons. The van der Waals surface area contributed by atoms with Crippen molar-refractivity contribution in [2.75, 3.05) is 0 Å². The van der Waals surface area contributed by atoms with Gasteiger partial charge in [-0.15, -0.1) is 4.80 Å². The lowest BCUT2D eigenvalue weighted by Gasteiger charge is -2.04. The van der Waals surface area contributed by atoms with E-state index in [2.05, 4.69) is 30.5 Å². The lowest BCUT2D eigenvalue weighted by Crippen LogP contribution is -2.50. The van der Waals surface area contributed by atoms with Crippen LogP contribution in [0.5, 0.6) is 0 Å². The molecule has 0 aliphatic carbocycles. The summed E-state index contributed by atoms with van der Waals surface area (Å²) in [6, 6.07) is 2.75. The molecular weight excluding hydrogens is 268 g/mol. The molecule has 12 heteroatoms. The van der Waals surface area contributed by atoms with E-state index in [0.717, 1.165) is 4.80 Å². The fourth-order valence-electron chi connectivity index (χ4n) is 1.71. The Kier molecular flexibility index (Phi) is 2.48. The topological polar surface area (TPSA) is 159 Å². The van der Waals surface area contributed by atoms with Crippen molar-refractivity contribution >= 4 is 16.7 Å². The van der Waals surface area contributed by atoms with Gasteiger partial charge in [-0.3, -0.25) is 0 Å². The molecule has 0 saturated heterocycles. The van der Waals surface area contributed by atoms with E-state index in [9.17, 15) is 10.4 Å². The molecule has 0 atom stereocenters. The number of aromatic nitrogens is 7. The second-order valence-electron chi connectivity index (χ2n) is 3.52. The minimum absolute atomic E-state index is 0.0641. The highest BCUT2D eigenvalue weighted by Crippen LogP contribution is 2.27. The van der Waals surface area contributed by atoms with Crippen LogP contribution in [0.2, 0.25) is 0 Å². The highest BCUT2D eigenvalue weighted by molar-refractivity contribution is 5.86. The molecule has 0 amide bonds. The summed E-state index contributed by atoms with van der Waals surface area (Å²) in [6.07, 6.45) is 2.76. The van der Waals surface area contributed by atoms with Gasteiger partial charge >= 0.3 is 10.7 Å². The van der Waals surface area contributed by atoms with Crippen LogP contribution in [0, 0.1) is 10.4 Å². The van der Waals surface area contributed by atoms with Gasteiger partial charge in [0, 0.05) is 9.76 Å². The molecule has 3 aromatic rings. The molecule has 20 heavy (non-hydrogen) atoms. The van der Waals surface area contributed by atoms with Gasteiger partial charge in [0.05, 0.1) is 23.2 Å². The second kappa shape index (κ2) is 4.29. The van der Waals surface area contributed by atoms with Gasteiger partial charge in [0.1, 0.15) is 4.96 Å². The maximum atomic E-state index is 11.8. The number of azide groups is 1. The summed E-state index contributed by atoms with van der Waals surface area (Å²) in [7, 11) is 0. The number of benzene rings is 1. The summed E-state index contributed by atoms with van der Waals surface area (Å²) in [4.78, 5) is 3.72. The number of fused-ring (bicyclic) bond motifs is 1. The standard InChI is InChI=1S/C8H4N10O2/c9-14-12-5-1-2-6-8(17(19)15-18(20)13-6)7(5)16-10-3-4-11-16/h1-4H. The summed E-state index contributed by atoms with van der Waals surface area (Å²) in [5.41, 5.74) is 8.73. The van der Waals surface area contributed by atoms with E-state index in [4.69, 9.17) is 5.53 Å². The van der Waals surface area contributed by atoms with Crippen LogP contribution >= 0.6 is 0 Å². The zero-order chi connectivity index (χ0) is 14.1. The van der Waals surface area contributed by atoms with Gasteiger partial charge in [-0.2, -0.15) is 10.2 Å². The highest BCUT2D eigenvalue weighted by atomic mass is 16.6. The lowest BCUT2D eigenvalue weighted by atomic mass is 10.2. The molecule has 2 aromatic heterocycles. The first-order valence-electron chi connectivity index (χ1n) is 5.17. The van der Waals surface area contributed by atoms with Gasteiger partial charge in [0.15, 0.2) is 5.69 Å². The third-order valence-corrected chi connectivity index (χ3v) is 2.42. The van der Waals surface area contributed by atoms with Crippen molar-refractivity contribution < 1.29 is 9.80 Å². The molecule has 0 aliphatic rings. The minimum atomic E-state index is -0.108. The van der Waals surface area contributed by atoms with Crippen LogP contribution in [0.4, 0.5) is 5.69 Å². The van der Waals surface area contributed by atoms with Gasteiger partial charge < -0.3 is 10.4 Å². The first kappa shape index (κ1) is 11.6. The van der Waals surface area contributed by atoms with E-state index in [1.165, 1.54) is 24.5 Å². The molecule has 2 heterocycles. The Morgan fingerprint density at radius 3 is 2.70 bits per heavy atom. The molecule has 0 bridgehead atoms. The van der Waals surface area contributed by atoms with Crippen LogP contribution in [0.15, 0.2) is 29.6 Å². The maximum absolute atomic E-state index is 11.8. The Morgan fingerprint density at radius 1 is 1.25 bits per heavy atom. The van der Waals surface area contributed by atoms with Crippen molar-refractivity contribution in [3.8, 4) is 5.69 Å². The van der Waals surface area contributed by atoms with Crippen molar-refractivity contribution in [2.24, 2.45) is 5.11 Å². The summed E-state index contributed by atoms with van der Waals surface area (Å²) in [5.74, 6) is 0. The Hall–Kier alpha value is -3.53. The van der Waals surface area contributed by atoms with Crippen molar-refractivity contribution in [3.63, 3.8) is 0 Å². The lowest BCUT2D eigenvalue weighted by molar-refractivity contribution is -0.863. The van der Waals surface area contributed by atoms with E-state index in [-0.39, 0.29) is 32.2 Å². The molecule has 1 aromatic carbocycles. The van der Waals surface area contributed by atoms with E-state index >= 15 is 0 Å². The monoisotopic (exact) mass is 272 g/mol. The quantitative estimate of drug-likeness (QED) is 0.199. The van der Waals surface area contributed by atoms with Gasteiger partial charge in [0.2, 0.25) is 5.52 Å². The summed E-state index contributed by atoms with van der Waals surface area (Å²) < 4.78 is 0. The van der Waals surface area contributed by atoms with E-state index in [1.54, 1.807) is 0 Å². The van der Waals surface area contributed by atoms with Gasteiger partial charge in [0.25, 0.3) is 0 Å². The number of hydrogen-bond acceptors (Lipinski definition) is 7. The molecule has 12 nitrogen and oxygen atoms in total. The molecule has 0 spiro atoms. The van der Waals surface area contributed by atoms with E-state index in [0.29, 0.717) is 0 Å². The molecule has 98 valence electrons. The Bertz CT molecular complexity index is 838. The fraction of sp³-hybridized carbons (Fsp3) is 0. The second-order valence-corrected chi connectivity index (χ2v) is 3.52. The number of nitrogens with zero attached hydrogens (tertiary/aromatic N) is 10. The number of rotatable bonds is 2. The normalized spacial score (nSPS) is 10.4. The molecule has 0 N–H and O–H groups in total. The third kappa shape index (κ3) is 1.69. The smallest absolute Gasteiger partial charge is 0.326 e. The Morgan fingerprint density at radius 2 is 2.00 bits per heavy atom. The average Bonchev–Trinajstić information content (AvgIpc) is 2.92. The van der Waals surface area contributed by atoms with E-state index in [1.807, 2.05) is 0 Å². The Balaban J connectivity index is 2.49. The molecule has 0 fully saturated rings. The predicted octanol–water partition coefficient (Wildman–Crippen LogP) is -0.581. The molecule has 0 aliphatic heterocycles. The summed E-state index contributed by atoms with van der Waals surface area (Å²) in [6.45, 7) is 0. The largest absolute Gasteiger partial charge is 0.590 e. The fourth-order valence-corrected chi connectivity index (χ4v) is 1.71. The predicted molar refractivity (Wildman–Crippen MR) is 61.2 cm³/mol. The highest BCUT2D eigenvalue weighted by Gasteiger charge is 2.23. The zero-order valence-electron chi connectivity index (χ0n) is 9.60. The van der Waals surface area contributed by atoms with Crippen LogP contribution in [-0.4, -0.2) is 25.3 Å². The van der Waals surface area contributed by atoms with Crippen LogP contribution in [-0.2, 0) is 0 Å². The molecule has 3 rings (SSSR count). The number of hydrogen-bond donors (Lipinski definition) is 0. The van der Waals surface area contributed by atoms with Crippen molar-refractivity contribution in [3.05, 3.63) is 45.4 Å². The molecular formula is C8H4N10O2. The first-order chi connectivity index (χ1) is 9.70. The maximum Gasteiger partial charge on any atom is 0.326 e. The minimum Gasteiger partial charge on any atom is -0.590 e. The van der Waals surface area contributed by atoms with E-state index < -0.39 is 0 Å². The first-order valence-corrected chi connectivity index (χ1v) is 5.17. The van der Waals surface area contributed by atoms with Gasteiger partial charge in [-0.25, -0.2) is 0 Å². The van der Waals surface area contributed by atoms with Crippen molar-refractivity contribution in [2.45, 2.75) is 0 Å². The third-order valence-electron chi connectivity index (χ3n) is 2.42. The average molecular weight is 272 g/mol. The summed E-state index contributed by atoms with van der Waals surface area (Å²) >= 11 is 0.